The van der Waals surface area contributed by atoms with Crippen LogP contribution in [0.25, 0.3) is 0 Å². The Kier molecular flexibility index (Phi) is 0.808. The minimum atomic E-state index is -3.72. The fourth-order valence-corrected chi connectivity index (χ4v) is 0.460. The molecule has 12 heavy (non-hydrogen) atoms. The first kappa shape index (κ1) is 2.13. The standard InChI is InChI=1S/C10H12O2/c11-10(12)8-4-7-9-5-2-1-3-6-9/h1-3,5-6H,4,7-8H2,(H,11,12)/i1D,2D,3D,4D2,5D,6D,7D2,8D2. The Hall–Kier alpha value is -1.31. The van der Waals surface area contributed by atoms with Crippen molar-refractivity contribution < 1.29 is 25.0 Å². The van der Waals surface area contributed by atoms with Crippen molar-refractivity contribution in [2.45, 2.75) is 19.1 Å². The van der Waals surface area contributed by atoms with Gasteiger partial charge in [0, 0.05) is 14.6 Å². The zero-order chi connectivity index (χ0) is 18.5. The Bertz CT molecular complexity index is 638. The summed E-state index contributed by atoms with van der Waals surface area (Å²) in [5, 5.41) is 8.80. The topological polar surface area (TPSA) is 37.3 Å². The molecule has 0 aliphatic heterocycles. The summed E-state index contributed by atoms with van der Waals surface area (Å²) in [4.78, 5) is 10.9. The Labute approximate surface area is 87.3 Å². The molecule has 1 rings (SSSR count). The summed E-state index contributed by atoms with van der Waals surface area (Å²) in [7, 11) is 0. The molecule has 2 heteroatoms. The monoisotopic (exact) mass is 175 g/mol. The van der Waals surface area contributed by atoms with Crippen molar-refractivity contribution in [3.8, 4) is 0 Å². The quantitative estimate of drug-likeness (QED) is 0.760. The van der Waals surface area contributed by atoms with Crippen LogP contribution in [0, 0.1) is 0 Å². The molecule has 1 aromatic rings. The second-order valence-corrected chi connectivity index (χ2v) is 1.68. The first-order valence-electron chi connectivity index (χ1n) is 8.43. The molecule has 0 bridgehead atoms. The Morgan fingerprint density at radius 3 is 2.75 bits per heavy atom. The minimum absolute atomic E-state index is 0.832. The molecule has 0 radical (unpaired) electrons. The maximum absolute atomic E-state index is 10.9. The highest BCUT2D eigenvalue weighted by Gasteiger charge is 1.96. The molecule has 0 amide bonds. The Morgan fingerprint density at radius 2 is 2.17 bits per heavy atom. The maximum Gasteiger partial charge on any atom is 0.303 e. The van der Waals surface area contributed by atoms with E-state index in [1.807, 2.05) is 0 Å². The summed E-state index contributed by atoms with van der Waals surface area (Å²) in [6, 6.07) is -4.83. The summed E-state index contributed by atoms with van der Waals surface area (Å²) in [5.74, 6) is -2.28. The van der Waals surface area contributed by atoms with E-state index >= 15 is 0 Å². The van der Waals surface area contributed by atoms with E-state index in [9.17, 15) is 4.79 Å². The van der Waals surface area contributed by atoms with Crippen LogP contribution < -0.4 is 0 Å². The first-order valence-corrected chi connectivity index (χ1v) is 2.93. The third-order valence-corrected chi connectivity index (χ3v) is 0.857. The van der Waals surface area contributed by atoms with E-state index in [4.69, 9.17) is 20.2 Å². The minimum Gasteiger partial charge on any atom is -0.481 e. The predicted molar refractivity (Wildman–Crippen MR) is 47.0 cm³/mol. The van der Waals surface area contributed by atoms with E-state index in [0.717, 1.165) is 0 Å². The summed E-state index contributed by atoms with van der Waals surface area (Å²) in [5.41, 5.74) is -1.14. The largest absolute Gasteiger partial charge is 0.481 e. The lowest BCUT2D eigenvalue weighted by Crippen LogP contribution is -1.95. The normalized spacial score (nSPS) is 26.5. The number of aliphatic carboxylic acids is 1. The van der Waals surface area contributed by atoms with Crippen LogP contribution in [0.3, 0.4) is 0 Å². The highest BCUT2D eigenvalue weighted by Crippen LogP contribution is 2.03. The molecule has 1 aromatic carbocycles. The zero-order valence-electron chi connectivity index (χ0n) is 16.9. The molecule has 0 aromatic heterocycles. The lowest BCUT2D eigenvalue weighted by molar-refractivity contribution is -0.137. The van der Waals surface area contributed by atoms with Crippen LogP contribution in [0.2, 0.25) is 0 Å². The molecule has 64 valence electrons. The number of carbonyl (C=O) groups is 1. The van der Waals surface area contributed by atoms with Crippen LogP contribution in [0.5, 0.6) is 0 Å². The van der Waals surface area contributed by atoms with E-state index in [-0.39, 0.29) is 0 Å². The number of benzene rings is 1. The molecule has 2 nitrogen and oxygen atoms in total. The average Bonchev–Trinajstić information content (AvgIpc) is 2.42. The molecule has 0 heterocycles. The zero-order valence-corrected chi connectivity index (χ0v) is 5.86. The van der Waals surface area contributed by atoms with Crippen molar-refractivity contribution in [2.75, 3.05) is 0 Å². The van der Waals surface area contributed by atoms with Crippen LogP contribution in [0.15, 0.2) is 30.2 Å². The fourth-order valence-electron chi connectivity index (χ4n) is 0.460. The van der Waals surface area contributed by atoms with E-state index in [2.05, 4.69) is 0 Å². The molecule has 0 aliphatic rings. The van der Waals surface area contributed by atoms with Gasteiger partial charge in [0.15, 0.2) is 0 Å². The molecular weight excluding hydrogens is 152 g/mol. The molecule has 0 fully saturated rings. The van der Waals surface area contributed by atoms with Gasteiger partial charge in [-0.05, 0) is 18.3 Å². The number of rotatable bonds is 4. The van der Waals surface area contributed by atoms with Crippen molar-refractivity contribution in [1.82, 2.24) is 0 Å². The lowest BCUT2D eigenvalue weighted by atomic mass is 10.1. The van der Waals surface area contributed by atoms with Crippen molar-refractivity contribution in [3.05, 3.63) is 35.8 Å². The SMILES string of the molecule is [2H]c1c([2H])c([2H])c(C([2H])([2H])C([2H])([2H])C([2H])([2H])C(=O)O)c([2H])c1[2H]. The second-order valence-electron chi connectivity index (χ2n) is 1.68. The van der Waals surface area contributed by atoms with Gasteiger partial charge in [-0.15, -0.1) is 0 Å². The van der Waals surface area contributed by atoms with Gasteiger partial charge in [-0.2, -0.15) is 0 Å². The summed E-state index contributed by atoms with van der Waals surface area (Å²) < 4.78 is 82.9. The van der Waals surface area contributed by atoms with Crippen molar-refractivity contribution >= 4 is 5.97 Å². The van der Waals surface area contributed by atoms with Crippen LogP contribution in [-0.4, -0.2) is 11.1 Å². The van der Waals surface area contributed by atoms with Gasteiger partial charge in [-0.1, -0.05) is 30.2 Å². The van der Waals surface area contributed by atoms with Crippen LogP contribution in [0.1, 0.15) is 33.4 Å². The van der Waals surface area contributed by atoms with Crippen LogP contribution >= 0.6 is 0 Å². The second kappa shape index (κ2) is 4.54. The maximum atomic E-state index is 10.9. The molecule has 0 aliphatic carbocycles. The predicted octanol–water partition coefficient (Wildman–Crippen LogP) is 2.09. The van der Waals surface area contributed by atoms with Gasteiger partial charge in [0.1, 0.15) is 0 Å². The molecule has 0 atom stereocenters. The van der Waals surface area contributed by atoms with Crippen LogP contribution in [-0.2, 0) is 11.2 Å². The van der Waals surface area contributed by atoms with Crippen molar-refractivity contribution in [3.63, 3.8) is 0 Å². The van der Waals surface area contributed by atoms with Crippen molar-refractivity contribution in [1.29, 1.82) is 0 Å². The molecule has 0 unspecified atom stereocenters. The highest BCUT2D eigenvalue weighted by atomic mass is 16.4. The number of carboxylic acids is 1. The van der Waals surface area contributed by atoms with Gasteiger partial charge in [-0.25, -0.2) is 0 Å². The highest BCUT2D eigenvalue weighted by molar-refractivity contribution is 5.66. The number of carboxylic acid groups (broad SMARTS) is 1. The third-order valence-electron chi connectivity index (χ3n) is 0.857. The van der Waals surface area contributed by atoms with Gasteiger partial charge >= 0.3 is 5.97 Å². The molecule has 0 spiro atoms. The number of hydrogen-bond donors (Lipinski definition) is 1. The summed E-state index contributed by atoms with van der Waals surface area (Å²) >= 11 is 0. The Morgan fingerprint density at radius 1 is 1.50 bits per heavy atom. The molecule has 0 saturated carbocycles. The molecular formula is C10H12O2. The van der Waals surface area contributed by atoms with E-state index < -0.39 is 60.9 Å². The molecule has 1 N–H and O–H groups in total. The fraction of sp³-hybridized carbons (Fsp3) is 0.300. The van der Waals surface area contributed by atoms with Crippen LogP contribution in [0.4, 0.5) is 0 Å². The van der Waals surface area contributed by atoms with Gasteiger partial charge in [0.2, 0.25) is 0 Å². The number of hydrogen-bond acceptors (Lipinski definition) is 1. The Balaban J connectivity index is 3.79. The van der Waals surface area contributed by atoms with Gasteiger partial charge < -0.3 is 5.11 Å². The first-order chi connectivity index (χ1) is 10.1. The van der Waals surface area contributed by atoms with Crippen molar-refractivity contribution in [2.24, 2.45) is 0 Å². The third kappa shape index (κ3) is 3.19. The summed E-state index contributed by atoms with van der Waals surface area (Å²) in [6.07, 6.45) is -10.9. The summed E-state index contributed by atoms with van der Waals surface area (Å²) in [6.45, 7) is 0. The van der Waals surface area contributed by atoms with E-state index in [1.165, 1.54) is 0 Å². The smallest absolute Gasteiger partial charge is 0.303 e. The van der Waals surface area contributed by atoms with Gasteiger partial charge in [0.25, 0.3) is 0 Å². The van der Waals surface area contributed by atoms with Gasteiger partial charge in [0.05, 0.1) is 6.85 Å². The molecule has 0 saturated heterocycles. The van der Waals surface area contributed by atoms with Gasteiger partial charge in [-0.3, -0.25) is 4.79 Å². The lowest BCUT2D eigenvalue weighted by Gasteiger charge is -1.97. The van der Waals surface area contributed by atoms with E-state index in [0.29, 0.717) is 0 Å². The van der Waals surface area contributed by atoms with E-state index in [1.54, 1.807) is 0 Å². The average molecular weight is 175 g/mol.